The Morgan fingerprint density at radius 2 is 1.96 bits per heavy atom. The number of nitrogens with one attached hydrogen (secondary N) is 2. The lowest BCUT2D eigenvalue weighted by Crippen LogP contribution is -2.48. The van der Waals surface area contributed by atoms with E-state index >= 15 is 0 Å². The number of aryl methyl sites for hydroxylation is 1. The predicted octanol–water partition coefficient (Wildman–Crippen LogP) is 3.36. The second kappa shape index (κ2) is 8.54. The van der Waals surface area contributed by atoms with Gasteiger partial charge in [0.15, 0.2) is 0 Å². The molecule has 0 aromatic carbocycles. The van der Waals surface area contributed by atoms with Gasteiger partial charge in [0.05, 0.1) is 12.7 Å². The summed E-state index contributed by atoms with van der Waals surface area (Å²) >= 11 is 0. The first-order chi connectivity index (χ1) is 11.7. The smallest absolute Gasteiger partial charge is 0.227 e. The molecule has 2 N–H and O–H groups in total. The fraction of sp³-hybridized carbons (Fsp3) is 0.700. The fourth-order valence-corrected chi connectivity index (χ4v) is 3.16. The van der Waals surface area contributed by atoms with Gasteiger partial charge in [-0.15, -0.1) is 0 Å². The first-order valence-corrected chi connectivity index (χ1v) is 9.32. The molecular formula is C20H32N2O3. The second-order valence-electron chi connectivity index (χ2n) is 8.52. The molecule has 5 heteroatoms. The summed E-state index contributed by atoms with van der Waals surface area (Å²) < 4.78 is 5.30. The average Bonchev–Trinajstić information content (AvgIpc) is 2.85. The van der Waals surface area contributed by atoms with Gasteiger partial charge in [-0.2, -0.15) is 0 Å². The molecule has 0 saturated heterocycles. The third-order valence-electron chi connectivity index (χ3n) is 4.81. The van der Waals surface area contributed by atoms with Crippen LogP contribution in [0, 0.1) is 18.3 Å². The van der Waals surface area contributed by atoms with E-state index in [-0.39, 0.29) is 23.3 Å². The Balaban J connectivity index is 1.54. The number of hydrogen-bond acceptors (Lipinski definition) is 3. The maximum absolute atomic E-state index is 12.0. The largest absolute Gasteiger partial charge is 0.469 e. The summed E-state index contributed by atoms with van der Waals surface area (Å²) in [6, 6.07) is 2.09. The minimum atomic E-state index is 0.00714. The van der Waals surface area contributed by atoms with Crippen molar-refractivity contribution in [3.8, 4) is 0 Å². The first kappa shape index (κ1) is 19.5. The van der Waals surface area contributed by atoms with Crippen molar-refractivity contribution in [1.29, 1.82) is 0 Å². The van der Waals surface area contributed by atoms with Crippen molar-refractivity contribution in [1.82, 2.24) is 10.6 Å². The van der Waals surface area contributed by atoms with Crippen LogP contribution in [0.3, 0.4) is 0 Å². The first-order valence-electron chi connectivity index (χ1n) is 9.32. The third-order valence-corrected chi connectivity index (χ3v) is 4.81. The van der Waals surface area contributed by atoms with E-state index < -0.39 is 0 Å². The van der Waals surface area contributed by atoms with Crippen molar-refractivity contribution >= 4 is 11.8 Å². The van der Waals surface area contributed by atoms with Crippen LogP contribution in [0.5, 0.6) is 0 Å². The van der Waals surface area contributed by atoms with Gasteiger partial charge in [0.1, 0.15) is 5.76 Å². The predicted molar refractivity (Wildman–Crippen MR) is 98.1 cm³/mol. The van der Waals surface area contributed by atoms with Crippen LogP contribution in [-0.4, -0.2) is 24.4 Å². The van der Waals surface area contributed by atoms with Crippen molar-refractivity contribution in [3.05, 3.63) is 23.7 Å². The van der Waals surface area contributed by atoms with E-state index in [2.05, 4.69) is 31.4 Å². The molecule has 5 nitrogen and oxygen atoms in total. The molecule has 25 heavy (non-hydrogen) atoms. The van der Waals surface area contributed by atoms with E-state index in [9.17, 15) is 9.59 Å². The molecule has 0 bridgehead atoms. The van der Waals surface area contributed by atoms with Crippen LogP contribution in [0.25, 0.3) is 0 Å². The number of rotatable bonds is 8. The van der Waals surface area contributed by atoms with Gasteiger partial charge in [-0.3, -0.25) is 9.59 Å². The standard InChI is InChI=1S/C20H32N2O3/c1-14-7-9-25-17(14)12-19(24)22-16-10-15(11-16)13-21-18(23)6-5-8-20(2,3)4/h7,9,15-16H,5-6,8,10-13H2,1-4H3,(H,21,23)(H,22,24). The molecule has 2 amide bonds. The normalized spacial score (nSPS) is 20.0. The van der Waals surface area contributed by atoms with E-state index in [1.165, 1.54) is 0 Å². The second-order valence-corrected chi connectivity index (χ2v) is 8.52. The number of amides is 2. The summed E-state index contributed by atoms with van der Waals surface area (Å²) in [6.07, 6.45) is 6.38. The highest BCUT2D eigenvalue weighted by molar-refractivity contribution is 5.78. The molecule has 0 unspecified atom stereocenters. The lowest BCUT2D eigenvalue weighted by atomic mass is 9.80. The van der Waals surface area contributed by atoms with Gasteiger partial charge < -0.3 is 15.1 Å². The molecule has 0 radical (unpaired) electrons. The highest BCUT2D eigenvalue weighted by Crippen LogP contribution is 2.27. The number of carbonyl (C=O) groups excluding carboxylic acids is 2. The van der Waals surface area contributed by atoms with Crippen molar-refractivity contribution < 1.29 is 14.0 Å². The van der Waals surface area contributed by atoms with Crippen LogP contribution in [-0.2, 0) is 16.0 Å². The van der Waals surface area contributed by atoms with Crippen LogP contribution >= 0.6 is 0 Å². The van der Waals surface area contributed by atoms with Gasteiger partial charge in [0.25, 0.3) is 0 Å². The lowest BCUT2D eigenvalue weighted by molar-refractivity contribution is -0.123. The quantitative estimate of drug-likeness (QED) is 0.757. The van der Waals surface area contributed by atoms with Gasteiger partial charge in [-0.25, -0.2) is 0 Å². The Hall–Kier alpha value is -1.78. The van der Waals surface area contributed by atoms with E-state index in [1.54, 1.807) is 6.26 Å². The maximum Gasteiger partial charge on any atom is 0.227 e. The Bertz CT molecular complexity index is 580. The van der Waals surface area contributed by atoms with Crippen LogP contribution < -0.4 is 10.6 Å². The minimum absolute atomic E-state index is 0.00714. The minimum Gasteiger partial charge on any atom is -0.469 e. The Labute approximate surface area is 150 Å². The molecule has 1 saturated carbocycles. The summed E-state index contributed by atoms with van der Waals surface area (Å²) in [6.45, 7) is 9.25. The molecule has 1 aromatic rings. The van der Waals surface area contributed by atoms with Crippen molar-refractivity contribution in [2.24, 2.45) is 11.3 Å². The molecular weight excluding hydrogens is 316 g/mol. The summed E-state index contributed by atoms with van der Waals surface area (Å²) in [4.78, 5) is 23.8. The van der Waals surface area contributed by atoms with E-state index in [1.807, 2.05) is 13.0 Å². The van der Waals surface area contributed by atoms with Crippen molar-refractivity contribution in [3.63, 3.8) is 0 Å². The lowest BCUT2D eigenvalue weighted by Gasteiger charge is -2.36. The van der Waals surface area contributed by atoms with Gasteiger partial charge in [0, 0.05) is 19.0 Å². The fourth-order valence-electron chi connectivity index (χ4n) is 3.16. The summed E-state index contributed by atoms with van der Waals surface area (Å²) in [7, 11) is 0. The molecule has 1 aliphatic rings. The van der Waals surface area contributed by atoms with E-state index in [4.69, 9.17) is 4.42 Å². The van der Waals surface area contributed by atoms with Crippen LogP contribution in [0.15, 0.2) is 16.7 Å². The summed E-state index contributed by atoms with van der Waals surface area (Å²) in [5, 5.41) is 6.06. The van der Waals surface area contributed by atoms with Gasteiger partial charge in [0.2, 0.25) is 11.8 Å². The Morgan fingerprint density at radius 1 is 1.24 bits per heavy atom. The third kappa shape index (κ3) is 6.92. The number of carbonyl (C=O) groups is 2. The van der Waals surface area contributed by atoms with Crippen LogP contribution in [0.1, 0.15) is 64.2 Å². The molecule has 140 valence electrons. The van der Waals surface area contributed by atoms with Gasteiger partial charge >= 0.3 is 0 Å². The Kier molecular flexibility index (Phi) is 6.68. The molecule has 2 rings (SSSR count). The molecule has 1 aliphatic carbocycles. The van der Waals surface area contributed by atoms with Gasteiger partial charge in [-0.1, -0.05) is 20.8 Å². The highest BCUT2D eigenvalue weighted by atomic mass is 16.3. The van der Waals surface area contributed by atoms with Gasteiger partial charge in [-0.05, 0) is 55.6 Å². The van der Waals surface area contributed by atoms with E-state index in [0.717, 1.165) is 43.6 Å². The summed E-state index contributed by atoms with van der Waals surface area (Å²) in [5.74, 6) is 1.36. The number of hydrogen-bond donors (Lipinski definition) is 2. The molecule has 0 spiro atoms. The number of furan rings is 1. The topological polar surface area (TPSA) is 71.3 Å². The van der Waals surface area contributed by atoms with E-state index in [0.29, 0.717) is 18.8 Å². The highest BCUT2D eigenvalue weighted by Gasteiger charge is 2.30. The van der Waals surface area contributed by atoms with Crippen LogP contribution in [0.2, 0.25) is 0 Å². The summed E-state index contributed by atoms with van der Waals surface area (Å²) in [5.41, 5.74) is 1.30. The Morgan fingerprint density at radius 3 is 2.56 bits per heavy atom. The molecule has 0 atom stereocenters. The molecule has 1 fully saturated rings. The molecule has 1 heterocycles. The van der Waals surface area contributed by atoms with Crippen LogP contribution in [0.4, 0.5) is 0 Å². The zero-order chi connectivity index (χ0) is 18.4. The molecule has 1 aromatic heterocycles. The molecule has 0 aliphatic heterocycles. The average molecular weight is 348 g/mol. The zero-order valence-electron chi connectivity index (χ0n) is 16.0. The SMILES string of the molecule is Cc1ccoc1CC(=O)NC1CC(CNC(=O)CCCC(C)(C)C)C1. The maximum atomic E-state index is 12.0. The monoisotopic (exact) mass is 348 g/mol. The zero-order valence-corrected chi connectivity index (χ0v) is 16.0. The van der Waals surface area contributed by atoms with Crippen molar-refractivity contribution in [2.75, 3.05) is 6.54 Å². The van der Waals surface area contributed by atoms with Crippen molar-refractivity contribution in [2.45, 2.75) is 72.3 Å².